The molecule has 0 saturated heterocycles. The van der Waals surface area contributed by atoms with Crippen molar-refractivity contribution in [3.8, 4) is 23.0 Å². The molecule has 0 heterocycles. The number of amides is 1. The third-order valence-electron chi connectivity index (χ3n) is 6.51. The van der Waals surface area contributed by atoms with Crippen LogP contribution < -0.4 is 24.4 Å². The highest BCUT2D eigenvalue weighted by atomic mass is 79.9. The highest BCUT2D eigenvalue weighted by Crippen LogP contribution is 2.37. The molecule has 218 valence electrons. The molecule has 0 aliphatic rings. The van der Waals surface area contributed by atoms with E-state index in [1.807, 2.05) is 78.9 Å². The number of hydrogen-bond donors (Lipinski definition) is 1. The lowest BCUT2D eigenvalue weighted by molar-refractivity contribution is 0.0955. The smallest absolute Gasteiger partial charge is 0.271 e. The van der Waals surface area contributed by atoms with E-state index in [1.54, 1.807) is 26.5 Å². The van der Waals surface area contributed by atoms with Crippen LogP contribution in [0, 0.1) is 0 Å². The molecule has 8 heteroatoms. The highest BCUT2D eigenvalue weighted by molar-refractivity contribution is 9.10. The van der Waals surface area contributed by atoms with Crippen molar-refractivity contribution in [3.63, 3.8) is 0 Å². The lowest BCUT2D eigenvalue weighted by atomic mass is 10.1. The molecule has 0 aliphatic heterocycles. The SMILES string of the molecule is CCCCc1ccc(C(=O)N/N=C/c2cc(Br)c(OCc3ccc(OCc4ccccc4)c(OC)c3)c(OC)c2)cc1. The number of hydrazone groups is 1. The standard InChI is InChI=1S/C34H35BrN2O5/c1-4-5-9-24-12-15-28(16-13-24)34(38)37-36-21-27-18-29(35)33(32(20-27)40-3)42-23-26-14-17-30(31(19-26)39-2)41-22-25-10-7-6-8-11-25/h6-8,10-21H,4-5,9,22-23H2,1-3H3,(H,37,38)/b36-21+. The monoisotopic (exact) mass is 630 g/mol. The first-order valence-electron chi connectivity index (χ1n) is 13.8. The number of ether oxygens (including phenoxy) is 4. The normalized spacial score (nSPS) is 10.9. The van der Waals surface area contributed by atoms with Gasteiger partial charge in [0.05, 0.1) is 24.9 Å². The van der Waals surface area contributed by atoms with Crippen molar-refractivity contribution in [1.29, 1.82) is 0 Å². The zero-order chi connectivity index (χ0) is 29.7. The Kier molecular flexibility index (Phi) is 11.4. The summed E-state index contributed by atoms with van der Waals surface area (Å²) in [6, 6.07) is 26.9. The maximum Gasteiger partial charge on any atom is 0.271 e. The number of carbonyl (C=O) groups is 1. The van der Waals surface area contributed by atoms with Crippen molar-refractivity contribution in [2.24, 2.45) is 5.10 Å². The zero-order valence-electron chi connectivity index (χ0n) is 24.1. The topological polar surface area (TPSA) is 78.4 Å². The number of hydrogen-bond acceptors (Lipinski definition) is 6. The first-order chi connectivity index (χ1) is 20.5. The van der Waals surface area contributed by atoms with Crippen LogP contribution in [0.25, 0.3) is 0 Å². The van der Waals surface area contributed by atoms with Gasteiger partial charge in [-0.15, -0.1) is 0 Å². The van der Waals surface area contributed by atoms with Crippen LogP contribution in [0.3, 0.4) is 0 Å². The van der Waals surface area contributed by atoms with E-state index in [0.29, 0.717) is 39.6 Å². The van der Waals surface area contributed by atoms with Gasteiger partial charge in [-0.05, 0) is 87.4 Å². The van der Waals surface area contributed by atoms with Gasteiger partial charge in [0.15, 0.2) is 23.0 Å². The molecule has 0 aliphatic carbocycles. The van der Waals surface area contributed by atoms with Gasteiger partial charge < -0.3 is 18.9 Å². The van der Waals surface area contributed by atoms with Crippen LogP contribution >= 0.6 is 15.9 Å². The van der Waals surface area contributed by atoms with Crippen molar-refractivity contribution < 1.29 is 23.7 Å². The molecule has 4 rings (SSSR count). The van der Waals surface area contributed by atoms with Crippen molar-refractivity contribution in [2.75, 3.05) is 14.2 Å². The third kappa shape index (κ3) is 8.60. The van der Waals surface area contributed by atoms with Crippen LogP contribution in [0.1, 0.15) is 52.4 Å². The second kappa shape index (κ2) is 15.6. The fourth-order valence-corrected chi connectivity index (χ4v) is 4.77. The Bertz CT molecular complexity index is 1490. The first kappa shape index (κ1) is 30.7. The molecule has 4 aromatic rings. The van der Waals surface area contributed by atoms with Crippen molar-refractivity contribution >= 4 is 28.1 Å². The van der Waals surface area contributed by atoms with E-state index >= 15 is 0 Å². The van der Waals surface area contributed by atoms with E-state index < -0.39 is 0 Å². The van der Waals surface area contributed by atoms with Crippen molar-refractivity contribution in [2.45, 2.75) is 39.4 Å². The van der Waals surface area contributed by atoms with Gasteiger partial charge in [0.2, 0.25) is 0 Å². The number of unbranched alkanes of at least 4 members (excludes halogenated alkanes) is 1. The number of nitrogens with one attached hydrogen (secondary N) is 1. The summed E-state index contributed by atoms with van der Waals surface area (Å²) in [6.07, 6.45) is 4.84. The Hall–Kier alpha value is -4.30. The summed E-state index contributed by atoms with van der Waals surface area (Å²) in [4.78, 5) is 12.5. The largest absolute Gasteiger partial charge is 0.493 e. The maximum atomic E-state index is 12.5. The predicted molar refractivity (Wildman–Crippen MR) is 169 cm³/mol. The Balaban J connectivity index is 1.36. The minimum Gasteiger partial charge on any atom is -0.493 e. The molecule has 7 nitrogen and oxygen atoms in total. The minimum absolute atomic E-state index is 0.272. The molecule has 4 aromatic carbocycles. The number of carbonyl (C=O) groups excluding carboxylic acids is 1. The molecule has 42 heavy (non-hydrogen) atoms. The van der Waals surface area contributed by atoms with E-state index in [9.17, 15) is 4.79 Å². The van der Waals surface area contributed by atoms with Crippen LogP contribution in [0.5, 0.6) is 23.0 Å². The van der Waals surface area contributed by atoms with E-state index in [1.165, 1.54) is 5.56 Å². The summed E-state index contributed by atoms with van der Waals surface area (Å²) in [5, 5.41) is 4.12. The summed E-state index contributed by atoms with van der Waals surface area (Å²) >= 11 is 3.58. The number of rotatable bonds is 14. The van der Waals surface area contributed by atoms with Crippen LogP contribution in [-0.2, 0) is 19.6 Å². The number of aryl methyl sites for hydroxylation is 1. The molecule has 0 unspecified atom stereocenters. The summed E-state index contributed by atoms with van der Waals surface area (Å²) in [7, 11) is 3.19. The average Bonchev–Trinajstić information content (AvgIpc) is 3.02. The van der Waals surface area contributed by atoms with Crippen LogP contribution in [0.2, 0.25) is 0 Å². The number of benzene rings is 4. The van der Waals surface area contributed by atoms with E-state index in [4.69, 9.17) is 18.9 Å². The predicted octanol–water partition coefficient (Wildman–Crippen LogP) is 7.73. The lowest BCUT2D eigenvalue weighted by Gasteiger charge is -2.15. The second-order valence-electron chi connectivity index (χ2n) is 9.58. The fraction of sp³-hybridized carbons (Fsp3) is 0.235. The Morgan fingerprint density at radius 1 is 0.810 bits per heavy atom. The second-order valence-corrected chi connectivity index (χ2v) is 10.4. The number of nitrogens with zero attached hydrogens (tertiary/aromatic N) is 1. The molecular weight excluding hydrogens is 596 g/mol. The van der Waals surface area contributed by atoms with Crippen LogP contribution in [-0.4, -0.2) is 26.3 Å². The third-order valence-corrected chi connectivity index (χ3v) is 7.10. The van der Waals surface area contributed by atoms with Gasteiger partial charge in [-0.3, -0.25) is 4.79 Å². The molecule has 0 fully saturated rings. The lowest BCUT2D eigenvalue weighted by Crippen LogP contribution is -2.17. The Morgan fingerprint density at radius 3 is 2.24 bits per heavy atom. The minimum atomic E-state index is -0.272. The van der Waals surface area contributed by atoms with Gasteiger partial charge in [-0.2, -0.15) is 5.10 Å². The zero-order valence-corrected chi connectivity index (χ0v) is 25.6. The van der Waals surface area contributed by atoms with Crippen molar-refractivity contribution in [1.82, 2.24) is 5.43 Å². The highest BCUT2D eigenvalue weighted by Gasteiger charge is 2.13. The molecule has 1 amide bonds. The van der Waals surface area contributed by atoms with Crippen LogP contribution in [0.4, 0.5) is 0 Å². The molecule has 0 saturated carbocycles. The van der Waals surface area contributed by atoms with Gasteiger partial charge in [-0.25, -0.2) is 5.43 Å². The Labute approximate surface area is 255 Å². The molecule has 0 atom stereocenters. The Morgan fingerprint density at radius 2 is 1.52 bits per heavy atom. The molecule has 0 spiro atoms. The summed E-state index contributed by atoms with van der Waals surface area (Å²) < 4.78 is 23.9. The van der Waals surface area contributed by atoms with Gasteiger partial charge in [0, 0.05) is 5.56 Å². The summed E-state index contributed by atoms with van der Waals surface area (Å²) in [5.41, 5.74) is 7.07. The quantitative estimate of drug-likeness (QED) is 0.114. The molecule has 1 N–H and O–H groups in total. The number of halogens is 1. The van der Waals surface area contributed by atoms with E-state index in [2.05, 4.69) is 33.4 Å². The fourth-order valence-electron chi connectivity index (χ4n) is 4.20. The van der Waals surface area contributed by atoms with Crippen molar-refractivity contribution in [3.05, 3.63) is 117 Å². The van der Waals surface area contributed by atoms with Crippen LogP contribution in [0.15, 0.2) is 94.5 Å². The molecule has 0 aromatic heterocycles. The molecule has 0 radical (unpaired) electrons. The summed E-state index contributed by atoms with van der Waals surface area (Å²) in [6.45, 7) is 2.89. The van der Waals surface area contributed by atoms with Gasteiger partial charge in [-0.1, -0.05) is 61.9 Å². The maximum absolute atomic E-state index is 12.5. The van der Waals surface area contributed by atoms with Gasteiger partial charge in [0.25, 0.3) is 5.91 Å². The average molecular weight is 632 g/mol. The molecule has 0 bridgehead atoms. The first-order valence-corrected chi connectivity index (χ1v) is 14.6. The summed E-state index contributed by atoms with van der Waals surface area (Å²) in [5.74, 6) is 2.08. The van der Waals surface area contributed by atoms with E-state index in [-0.39, 0.29) is 12.5 Å². The number of methoxy groups -OCH3 is 2. The van der Waals surface area contributed by atoms with Gasteiger partial charge in [0.1, 0.15) is 13.2 Å². The molecular formula is C34H35BrN2O5. The van der Waals surface area contributed by atoms with Gasteiger partial charge >= 0.3 is 0 Å². The van der Waals surface area contributed by atoms with E-state index in [0.717, 1.165) is 36.0 Å².